The predicted octanol–water partition coefficient (Wildman–Crippen LogP) is 5.65. The van der Waals surface area contributed by atoms with Crippen LogP contribution in [0.4, 0.5) is 21.3 Å². The van der Waals surface area contributed by atoms with Gasteiger partial charge < -0.3 is 10.6 Å². The molecule has 3 N–H and O–H groups in total. The van der Waals surface area contributed by atoms with Crippen LogP contribution in [0.15, 0.2) is 47.8 Å². The predicted molar refractivity (Wildman–Crippen MR) is 110 cm³/mol. The Balaban J connectivity index is 1.60. The molecule has 27 heavy (non-hydrogen) atoms. The maximum absolute atomic E-state index is 12.3. The molecule has 0 fully saturated rings. The average Bonchev–Trinajstić information content (AvgIpc) is 3.08. The fraction of sp³-hybridized carbons (Fsp3) is 0.0556. The normalized spacial score (nSPS) is 10.3. The molecule has 138 valence electrons. The van der Waals surface area contributed by atoms with Crippen molar-refractivity contribution in [3.63, 3.8) is 0 Å². The van der Waals surface area contributed by atoms with Crippen LogP contribution in [0.3, 0.4) is 0 Å². The number of nitrogens with one attached hydrogen (secondary N) is 3. The van der Waals surface area contributed by atoms with Gasteiger partial charge in [0.25, 0.3) is 5.91 Å². The first kappa shape index (κ1) is 19.2. The summed E-state index contributed by atoms with van der Waals surface area (Å²) in [5.41, 5.74) is 2.43. The topological polar surface area (TPSA) is 83.1 Å². The molecule has 9 heteroatoms. The van der Waals surface area contributed by atoms with Gasteiger partial charge in [-0.15, -0.1) is 11.3 Å². The summed E-state index contributed by atoms with van der Waals surface area (Å²) in [6, 6.07) is 11.7. The molecule has 0 aliphatic carbocycles. The van der Waals surface area contributed by atoms with E-state index in [1.165, 1.54) is 0 Å². The van der Waals surface area contributed by atoms with E-state index in [1.54, 1.807) is 35.7 Å². The van der Waals surface area contributed by atoms with Crippen molar-refractivity contribution in [1.82, 2.24) is 4.98 Å². The van der Waals surface area contributed by atoms with Crippen molar-refractivity contribution in [1.29, 1.82) is 0 Å². The largest absolute Gasteiger partial charge is 0.325 e. The summed E-state index contributed by atoms with van der Waals surface area (Å²) < 4.78 is 0. The van der Waals surface area contributed by atoms with Crippen LogP contribution < -0.4 is 16.0 Å². The maximum Gasteiger partial charge on any atom is 0.325 e. The highest BCUT2D eigenvalue weighted by Gasteiger charge is 2.13. The second kappa shape index (κ2) is 8.39. The lowest BCUT2D eigenvalue weighted by Crippen LogP contribution is -2.19. The summed E-state index contributed by atoms with van der Waals surface area (Å²) in [5, 5.41) is 10.6. The van der Waals surface area contributed by atoms with E-state index in [4.69, 9.17) is 23.2 Å². The van der Waals surface area contributed by atoms with Gasteiger partial charge in [-0.05, 0) is 37.3 Å². The minimum absolute atomic E-state index is 0.178. The number of nitrogens with zero attached hydrogens (tertiary/aromatic N) is 1. The van der Waals surface area contributed by atoms with Gasteiger partial charge in [-0.2, -0.15) is 0 Å². The Morgan fingerprint density at radius 1 is 0.926 bits per heavy atom. The van der Waals surface area contributed by atoms with Gasteiger partial charge in [-0.25, -0.2) is 9.78 Å². The van der Waals surface area contributed by atoms with Crippen molar-refractivity contribution in [2.24, 2.45) is 0 Å². The van der Waals surface area contributed by atoms with Crippen LogP contribution >= 0.6 is 34.5 Å². The van der Waals surface area contributed by atoms with E-state index in [0.717, 1.165) is 16.9 Å². The Morgan fingerprint density at radius 3 is 2.33 bits per heavy atom. The Hall–Kier alpha value is -2.61. The Morgan fingerprint density at radius 2 is 1.63 bits per heavy atom. The third-order valence-corrected chi connectivity index (χ3v) is 4.94. The van der Waals surface area contributed by atoms with Crippen molar-refractivity contribution in [2.75, 3.05) is 16.0 Å². The molecule has 0 atom stereocenters. The molecule has 3 amide bonds. The zero-order valence-corrected chi connectivity index (χ0v) is 16.4. The van der Waals surface area contributed by atoms with Gasteiger partial charge in [0.2, 0.25) is 0 Å². The molecule has 0 saturated heterocycles. The van der Waals surface area contributed by atoms with Crippen LogP contribution in [0.2, 0.25) is 10.0 Å². The Labute approximate surface area is 169 Å². The second-order valence-corrected chi connectivity index (χ2v) is 7.24. The maximum atomic E-state index is 12.3. The fourth-order valence-corrected chi connectivity index (χ4v) is 3.08. The van der Waals surface area contributed by atoms with Gasteiger partial charge in [0.05, 0.1) is 10.0 Å². The molecule has 0 bridgehead atoms. The molecule has 3 rings (SSSR count). The molecular formula is C18H14Cl2N4O2S. The molecule has 6 nitrogen and oxygen atoms in total. The highest BCUT2D eigenvalue weighted by Crippen LogP contribution is 2.25. The van der Waals surface area contributed by atoms with Crippen LogP contribution in [0.25, 0.3) is 0 Å². The summed E-state index contributed by atoms with van der Waals surface area (Å²) in [6.45, 7) is 1.96. The SMILES string of the molecule is Cc1ccc(NC(=O)Nc2nc(C(=O)Nc3ccc(Cl)c(Cl)c3)cs2)cc1. The van der Waals surface area contributed by atoms with Crippen LogP contribution in [-0.4, -0.2) is 16.9 Å². The number of benzene rings is 2. The van der Waals surface area contributed by atoms with Gasteiger partial charge in [-0.3, -0.25) is 10.1 Å². The number of rotatable bonds is 4. The second-order valence-electron chi connectivity index (χ2n) is 5.57. The number of hydrogen-bond donors (Lipinski definition) is 3. The number of aromatic nitrogens is 1. The first-order chi connectivity index (χ1) is 12.9. The molecule has 1 aromatic heterocycles. The number of urea groups is 1. The van der Waals surface area contributed by atoms with E-state index < -0.39 is 11.9 Å². The third-order valence-electron chi connectivity index (χ3n) is 3.44. The number of aryl methyl sites for hydroxylation is 1. The summed E-state index contributed by atoms with van der Waals surface area (Å²) in [5.74, 6) is -0.420. The van der Waals surface area contributed by atoms with Crippen LogP contribution in [-0.2, 0) is 0 Å². The van der Waals surface area contributed by atoms with Gasteiger partial charge in [0.1, 0.15) is 5.69 Å². The molecule has 0 radical (unpaired) electrons. The zero-order valence-electron chi connectivity index (χ0n) is 14.0. The molecule has 0 unspecified atom stereocenters. The van der Waals surface area contributed by atoms with Crippen molar-refractivity contribution >= 4 is 63.0 Å². The zero-order chi connectivity index (χ0) is 19.4. The van der Waals surface area contributed by atoms with E-state index in [1.807, 2.05) is 19.1 Å². The lowest BCUT2D eigenvalue weighted by atomic mass is 10.2. The quantitative estimate of drug-likeness (QED) is 0.509. The summed E-state index contributed by atoms with van der Waals surface area (Å²) >= 11 is 12.9. The lowest BCUT2D eigenvalue weighted by molar-refractivity contribution is 0.102. The minimum Gasteiger partial charge on any atom is -0.321 e. The first-order valence-corrected chi connectivity index (χ1v) is 9.41. The van der Waals surface area contributed by atoms with Crippen molar-refractivity contribution in [2.45, 2.75) is 6.92 Å². The third kappa shape index (κ3) is 5.19. The number of thiazole rings is 1. The number of carbonyl (C=O) groups is 2. The summed E-state index contributed by atoms with van der Waals surface area (Å²) in [4.78, 5) is 28.4. The van der Waals surface area contributed by atoms with Crippen LogP contribution in [0.1, 0.15) is 16.1 Å². The van der Waals surface area contributed by atoms with E-state index in [-0.39, 0.29) is 5.69 Å². The van der Waals surface area contributed by atoms with E-state index in [0.29, 0.717) is 26.6 Å². The molecule has 1 heterocycles. The summed E-state index contributed by atoms with van der Waals surface area (Å²) in [7, 11) is 0. The van der Waals surface area contributed by atoms with E-state index in [9.17, 15) is 9.59 Å². The van der Waals surface area contributed by atoms with Crippen LogP contribution in [0, 0.1) is 6.92 Å². The smallest absolute Gasteiger partial charge is 0.321 e. The minimum atomic E-state index is -0.440. The van der Waals surface area contributed by atoms with E-state index >= 15 is 0 Å². The highest BCUT2D eigenvalue weighted by molar-refractivity contribution is 7.14. The number of anilines is 3. The average molecular weight is 421 g/mol. The molecule has 0 spiro atoms. The van der Waals surface area contributed by atoms with Gasteiger partial charge >= 0.3 is 6.03 Å². The highest BCUT2D eigenvalue weighted by atomic mass is 35.5. The number of carbonyl (C=O) groups excluding carboxylic acids is 2. The molecule has 2 aromatic carbocycles. The number of halogens is 2. The van der Waals surface area contributed by atoms with E-state index in [2.05, 4.69) is 20.9 Å². The Bertz CT molecular complexity index is 989. The standard InChI is InChI=1S/C18H14Cl2N4O2S/c1-10-2-4-11(5-3-10)22-17(26)24-18-23-15(9-27-18)16(25)21-12-6-7-13(19)14(20)8-12/h2-9H,1H3,(H,21,25)(H2,22,23,24,26). The number of amides is 3. The molecule has 0 aliphatic heterocycles. The van der Waals surface area contributed by atoms with Crippen molar-refractivity contribution < 1.29 is 9.59 Å². The van der Waals surface area contributed by atoms with Crippen LogP contribution in [0.5, 0.6) is 0 Å². The summed E-state index contributed by atoms with van der Waals surface area (Å²) in [6.07, 6.45) is 0. The van der Waals surface area contributed by atoms with Gasteiger partial charge in [0.15, 0.2) is 5.13 Å². The van der Waals surface area contributed by atoms with Crippen molar-refractivity contribution in [3.8, 4) is 0 Å². The van der Waals surface area contributed by atoms with Gasteiger partial charge in [0, 0.05) is 16.8 Å². The van der Waals surface area contributed by atoms with Crippen molar-refractivity contribution in [3.05, 3.63) is 69.1 Å². The molecule has 0 aliphatic rings. The van der Waals surface area contributed by atoms with Gasteiger partial charge in [-0.1, -0.05) is 40.9 Å². The Kier molecular flexibility index (Phi) is 5.95. The number of hydrogen-bond acceptors (Lipinski definition) is 4. The monoisotopic (exact) mass is 420 g/mol. The molecule has 0 saturated carbocycles. The molecular weight excluding hydrogens is 407 g/mol. The fourth-order valence-electron chi connectivity index (χ4n) is 2.10. The first-order valence-electron chi connectivity index (χ1n) is 7.77. The molecule has 3 aromatic rings. The lowest BCUT2D eigenvalue weighted by Gasteiger charge is -2.06.